The molecular weight excluding hydrogens is 311 g/mol. The van der Waals surface area contributed by atoms with E-state index in [0.29, 0.717) is 22.4 Å². The van der Waals surface area contributed by atoms with Gasteiger partial charge < -0.3 is 15.2 Å². The number of ketones is 1. The predicted octanol–water partition coefficient (Wildman–Crippen LogP) is 3.58. The van der Waals surface area contributed by atoms with Crippen LogP contribution >= 0.6 is 0 Å². The number of hydrogen-bond donors (Lipinski definition) is 1. The Labute approximate surface area is 128 Å². The molecule has 0 saturated carbocycles. The normalized spacial score (nSPS) is 21.4. The molecule has 0 amide bonds. The van der Waals surface area contributed by atoms with Crippen molar-refractivity contribution in [1.29, 1.82) is 0 Å². The highest BCUT2D eigenvalue weighted by molar-refractivity contribution is 6.10. The van der Waals surface area contributed by atoms with Crippen LogP contribution in [0, 0.1) is 0 Å². The van der Waals surface area contributed by atoms with E-state index in [1.165, 1.54) is 12.1 Å². The van der Waals surface area contributed by atoms with E-state index in [1.807, 2.05) is 0 Å². The Bertz CT molecular complexity index is 832. The standard InChI is InChI=1S/C16H10F3NO3/c17-16(18,19)23-7-4-5-8-11(6-7)22-15-9-2-1-3-10(20)12(9)14(21)13(8)15/h1-6,13,15H,20H2. The summed E-state index contributed by atoms with van der Waals surface area (Å²) >= 11 is 0. The van der Waals surface area contributed by atoms with Crippen molar-refractivity contribution in [2.24, 2.45) is 0 Å². The zero-order chi connectivity index (χ0) is 16.4. The minimum absolute atomic E-state index is 0.175. The van der Waals surface area contributed by atoms with Crippen LogP contribution in [-0.2, 0) is 0 Å². The van der Waals surface area contributed by atoms with Crippen LogP contribution < -0.4 is 15.2 Å². The van der Waals surface area contributed by atoms with Crippen LogP contribution in [-0.4, -0.2) is 12.1 Å². The minimum atomic E-state index is -4.78. The Morgan fingerprint density at radius 1 is 1.13 bits per heavy atom. The molecule has 2 aliphatic rings. The average Bonchev–Trinajstić information content (AvgIpc) is 2.94. The Morgan fingerprint density at radius 2 is 1.91 bits per heavy atom. The minimum Gasteiger partial charge on any atom is -0.484 e. The van der Waals surface area contributed by atoms with Gasteiger partial charge in [-0.2, -0.15) is 0 Å². The molecule has 23 heavy (non-hydrogen) atoms. The molecule has 0 spiro atoms. The van der Waals surface area contributed by atoms with Gasteiger partial charge in [-0.05, 0) is 12.1 Å². The molecule has 2 N–H and O–H groups in total. The van der Waals surface area contributed by atoms with Gasteiger partial charge in [-0.25, -0.2) is 0 Å². The number of carbonyl (C=O) groups excluding carboxylic acids is 1. The third-order valence-electron chi connectivity index (χ3n) is 4.07. The van der Waals surface area contributed by atoms with E-state index in [4.69, 9.17) is 10.5 Å². The number of fused-ring (bicyclic) bond motifs is 5. The van der Waals surface area contributed by atoms with E-state index in [1.54, 1.807) is 18.2 Å². The number of Topliss-reactive ketones (excluding diaryl/α,β-unsaturated/α-hetero) is 1. The van der Waals surface area contributed by atoms with E-state index in [0.717, 1.165) is 6.07 Å². The van der Waals surface area contributed by atoms with Crippen molar-refractivity contribution in [3.8, 4) is 11.5 Å². The number of carbonyl (C=O) groups is 1. The van der Waals surface area contributed by atoms with Crippen LogP contribution in [0.15, 0.2) is 36.4 Å². The Morgan fingerprint density at radius 3 is 2.65 bits per heavy atom. The van der Waals surface area contributed by atoms with Gasteiger partial charge in [0.15, 0.2) is 5.78 Å². The lowest BCUT2D eigenvalue weighted by Crippen LogP contribution is -2.17. The number of hydrogen-bond acceptors (Lipinski definition) is 4. The lowest BCUT2D eigenvalue weighted by Gasteiger charge is -2.11. The summed E-state index contributed by atoms with van der Waals surface area (Å²) in [5, 5.41) is 0. The summed E-state index contributed by atoms with van der Waals surface area (Å²) < 4.78 is 46.5. The Balaban J connectivity index is 1.74. The molecule has 2 aromatic rings. The van der Waals surface area contributed by atoms with Crippen molar-refractivity contribution in [1.82, 2.24) is 0 Å². The van der Waals surface area contributed by atoms with Gasteiger partial charge in [0.05, 0.1) is 5.92 Å². The van der Waals surface area contributed by atoms with Crippen molar-refractivity contribution in [2.45, 2.75) is 18.4 Å². The second-order valence-electron chi connectivity index (χ2n) is 5.44. The highest BCUT2D eigenvalue weighted by atomic mass is 19.4. The van der Waals surface area contributed by atoms with E-state index >= 15 is 0 Å². The number of halogens is 3. The lowest BCUT2D eigenvalue weighted by atomic mass is 9.95. The van der Waals surface area contributed by atoms with Crippen LogP contribution in [0.3, 0.4) is 0 Å². The van der Waals surface area contributed by atoms with E-state index in [9.17, 15) is 18.0 Å². The molecule has 118 valence electrons. The molecule has 2 unspecified atom stereocenters. The van der Waals surface area contributed by atoms with Crippen LogP contribution in [0.1, 0.15) is 33.5 Å². The monoisotopic (exact) mass is 321 g/mol. The SMILES string of the molecule is Nc1cccc2c1C(=O)C1c3ccc(OC(F)(F)F)cc3OC21. The molecule has 4 rings (SSSR count). The number of rotatable bonds is 1. The fourth-order valence-corrected chi connectivity index (χ4v) is 3.23. The first-order valence-corrected chi connectivity index (χ1v) is 6.84. The van der Waals surface area contributed by atoms with Crippen LogP contribution in [0.2, 0.25) is 0 Å². The average molecular weight is 321 g/mol. The first-order chi connectivity index (χ1) is 10.8. The van der Waals surface area contributed by atoms with Crippen LogP contribution in [0.4, 0.5) is 18.9 Å². The van der Waals surface area contributed by atoms with Crippen LogP contribution in [0.25, 0.3) is 0 Å². The van der Waals surface area contributed by atoms with Crippen LogP contribution in [0.5, 0.6) is 11.5 Å². The van der Waals surface area contributed by atoms with Crippen molar-refractivity contribution in [3.63, 3.8) is 0 Å². The summed E-state index contributed by atoms with van der Waals surface area (Å²) in [6.07, 6.45) is -5.34. The fourth-order valence-electron chi connectivity index (χ4n) is 3.23. The van der Waals surface area contributed by atoms with Gasteiger partial charge >= 0.3 is 6.36 Å². The molecule has 1 heterocycles. The molecule has 7 heteroatoms. The fraction of sp³-hybridized carbons (Fsp3) is 0.188. The highest BCUT2D eigenvalue weighted by Gasteiger charge is 2.48. The lowest BCUT2D eigenvalue weighted by molar-refractivity contribution is -0.274. The summed E-state index contributed by atoms with van der Waals surface area (Å²) in [4.78, 5) is 12.6. The number of nitrogens with two attached hydrogens (primary N) is 1. The molecule has 1 aliphatic heterocycles. The summed E-state index contributed by atoms with van der Waals surface area (Å²) in [5.74, 6) is -0.907. The van der Waals surface area contributed by atoms with E-state index in [2.05, 4.69) is 4.74 Å². The van der Waals surface area contributed by atoms with Gasteiger partial charge in [0.25, 0.3) is 0 Å². The van der Waals surface area contributed by atoms with Crippen molar-refractivity contribution >= 4 is 11.5 Å². The second kappa shape index (κ2) is 4.41. The number of nitrogen functional groups attached to an aromatic ring is 1. The molecule has 1 aliphatic carbocycles. The molecule has 4 nitrogen and oxygen atoms in total. The number of ether oxygens (including phenoxy) is 2. The Hall–Kier alpha value is -2.70. The summed E-state index contributed by atoms with van der Waals surface area (Å²) in [6, 6.07) is 8.86. The first kappa shape index (κ1) is 13.9. The van der Waals surface area contributed by atoms with Gasteiger partial charge in [0, 0.05) is 28.4 Å². The molecule has 0 bridgehead atoms. The summed E-state index contributed by atoms with van der Waals surface area (Å²) in [5.41, 5.74) is 7.88. The quantitative estimate of drug-likeness (QED) is 0.816. The summed E-state index contributed by atoms with van der Waals surface area (Å²) in [6.45, 7) is 0. The maximum atomic E-state index is 12.6. The molecule has 0 saturated heterocycles. The third-order valence-corrected chi connectivity index (χ3v) is 4.07. The highest BCUT2D eigenvalue weighted by Crippen LogP contribution is 2.54. The van der Waals surface area contributed by atoms with Crippen molar-refractivity contribution in [3.05, 3.63) is 53.1 Å². The van der Waals surface area contributed by atoms with Gasteiger partial charge in [-0.3, -0.25) is 4.79 Å². The van der Waals surface area contributed by atoms with Crippen molar-refractivity contribution in [2.75, 3.05) is 5.73 Å². The predicted molar refractivity (Wildman–Crippen MR) is 74.4 cm³/mol. The maximum absolute atomic E-state index is 12.6. The second-order valence-corrected chi connectivity index (χ2v) is 5.44. The third kappa shape index (κ3) is 2.03. The molecule has 0 fully saturated rings. The van der Waals surface area contributed by atoms with Gasteiger partial charge in [-0.1, -0.05) is 18.2 Å². The number of alkyl halides is 3. The molecule has 0 radical (unpaired) electrons. The maximum Gasteiger partial charge on any atom is 0.573 e. The van der Waals surface area contributed by atoms with Crippen molar-refractivity contribution < 1.29 is 27.4 Å². The van der Waals surface area contributed by atoms with E-state index < -0.39 is 18.4 Å². The van der Waals surface area contributed by atoms with Gasteiger partial charge in [0.2, 0.25) is 0 Å². The molecule has 0 aromatic heterocycles. The van der Waals surface area contributed by atoms with Gasteiger partial charge in [-0.15, -0.1) is 13.2 Å². The zero-order valence-corrected chi connectivity index (χ0v) is 11.6. The molecular formula is C16H10F3NO3. The molecule has 2 atom stereocenters. The number of benzene rings is 2. The largest absolute Gasteiger partial charge is 0.573 e. The topological polar surface area (TPSA) is 61.6 Å². The van der Waals surface area contributed by atoms with E-state index in [-0.39, 0.29) is 17.3 Å². The zero-order valence-electron chi connectivity index (χ0n) is 11.6. The Kier molecular flexibility index (Phi) is 2.67. The smallest absolute Gasteiger partial charge is 0.484 e. The summed E-state index contributed by atoms with van der Waals surface area (Å²) in [7, 11) is 0. The van der Waals surface area contributed by atoms with Gasteiger partial charge in [0.1, 0.15) is 17.6 Å². The molecule has 2 aromatic carbocycles. The number of anilines is 1. The first-order valence-electron chi connectivity index (χ1n) is 6.84.